The summed E-state index contributed by atoms with van der Waals surface area (Å²) in [6.45, 7) is 8.62. The number of esters is 1. The van der Waals surface area contributed by atoms with Gasteiger partial charge in [0.2, 0.25) is 5.91 Å². The first-order chi connectivity index (χ1) is 15.4. The molecule has 1 aromatic heterocycles. The molecule has 0 unspecified atom stereocenters. The number of amides is 1. The number of nitrogens with one attached hydrogen (secondary N) is 1. The lowest BCUT2D eigenvalue weighted by atomic mass is 9.99. The predicted octanol–water partition coefficient (Wildman–Crippen LogP) is 6.26. The second-order valence-electron chi connectivity index (χ2n) is 7.20. The highest BCUT2D eigenvalue weighted by Gasteiger charge is 2.22. The molecule has 0 bridgehead atoms. The van der Waals surface area contributed by atoms with Crippen LogP contribution in [0.4, 0.5) is 5.00 Å². The van der Waals surface area contributed by atoms with Crippen LogP contribution in [0.3, 0.4) is 0 Å². The molecule has 3 rings (SSSR count). The lowest BCUT2D eigenvalue weighted by molar-refractivity contribution is -0.111. The fraction of sp³-hybridized carbons (Fsp3) is 0.231. The molecule has 0 aliphatic heterocycles. The Labute approximate surface area is 192 Å². The van der Waals surface area contributed by atoms with Crippen molar-refractivity contribution in [1.29, 1.82) is 0 Å². The van der Waals surface area contributed by atoms with Crippen molar-refractivity contribution in [2.24, 2.45) is 0 Å². The van der Waals surface area contributed by atoms with E-state index in [4.69, 9.17) is 9.47 Å². The number of hydrogen-bond acceptors (Lipinski definition) is 5. The molecule has 5 nitrogen and oxygen atoms in total. The zero-order valence-corrected chi connectivity index (χ0v) is 19.5. The van der Waals surface area contributed by atoms with Crippen LogP contribution in [0.1, 0.15) is 40.9 Å². The molecular formula is C26H27NO4S. The van der Waals surface area contributed by atoms with Gasteiger partial charge >= 0.3 is 5.97 Å². The van der Waals surface area contributed by atoms with E-state index in [0.29, 0.717) is 17.2 Å². The van der Waals surface area contributed by atoms with Gasteiger partial charge in [0, 0.05) is 17.0 Å². The third kappa shape index (κ3) is 5.65. The largest absolute Gasteiger partial charge is 0.494 e. The van der Waals surface area contributed by atoms with Crippen LogP contribution < -0.4 is 10.1 Å². The first-order valence-electron chi connectivity index (χ1n) is 10.5. The number of ether oxygens (including phenoxy) is 2. The first kappa shape index (κ1) is 23.3. The second kappa shape index (κ2) is 10.8. The van der Waals surface area contributed by atoms with Gasteiger partial charge in [-0.05, 0) is 68.2 Å². The number of thiophene rings is 1. The molecule has 0 aliphatic rings. The van der Waals surface area contributed by atoms with Crippen molar-refractivity contribution < 1.29 is 19.1 Å². The predicted molar refractivity (Wildman–Crippen MR) is 130 cm³/mol. The Kier molecular flexibility index (Phi) is 7.84. The number of carbonyl (C=O) groups excluding carboxylic acids is 2. The van der Waals surface area contributed by atoms with E-state index in [-0.39, 0.29) is 12.5 Å². The van der Waals surface area contributed by atoms with E-state index in [9.17, 15) is 9.59 Å². The summed E-state index contributed by atoms with van der Waals surface area (Å²) in [5.74, 6) is 0.0105. The van der Waals surface area contributed by atoms with Gasteiger partial charge in [0.25, 0.3) is 0 Å². The van der Waals surface area contributed by atoms with Gasteiger partial charge in [0.15, 0.2) is 0 Å². The third-order valence-electron chi connectivity index (χ3n) is 4.94. The summed E-state index contributed by atoms with van der Waals surface area (Å²) in [6, 6.07) is 13.5. The molecule has 0 saturated carbocycles. The van der Waals surface area contributed by atoms with Crippen molar-refractivity contribution in [2.75, 3.05) is 18.5 Å². The second-order valence-corrected chi connectivity index (χ2v) is 8.08. The van der Waals surface area contributed by atoms with Gasteiger partial charge in [0.1, 0.15) is 16.3 Å². The van der Waals surface area contributed by atoms with E-state index in [1.165, 1.54) is 23.0 Å². The molecule has 166 valence electrons. The number of carbonyl (C=O) groups is 2. The SMILES string of the molecule is CCOC(=O)c1c(-c2ccc(C)c(C)c2)csc1NC(=O)/C=C/c1ccc(OCC)cc1. The lowest BCUT2D eigenvalue weighted by Crippen LogP contribution is -2.12. The Hall–Kier alpha value is -3.38. The molecule has 1 amide bonds. The zero-order chi connectivity index (χ0) is 23.1. The minimum atomic E-state index is -0.451. The van der Waals surface area contributed by atoms with Gasteiger partial charge in [-0.25, -0.2) is 4.79 Å². The summed E-state index contributed by atoms with van der Waals surface area (Å²) in [7, 11) is 0. The van der Waals surface area contributed by atoms with Crippen molar-refractivity contribution in [2.45, 2.75) is 27.7 Å². The molecule has 0 aliphatic carbocycles. The molecule has 6 heteroatoms. The van der Waals surface area contributed by atoms with Gasteiger partial charge < -0.3 is 14.8 Å². The van der Waals surface area contributed by atoms with E-state index < -0.39 is 5.97 Å². The fourth-order valence-electron chi connectivity index (χ4n) is 3.14. The standard InChI is InChI=1S/C26H27NO4S/c1-5-30-21-12-8-19(9-13-21)10-14-23(28)27-25-24(26(29)31-6-2)22(16-32-25)20-11-7-17(3)18(4)15-20/h7-16H,5-6H2,1-4H3,(H,27,28)/b14-10+. The Morgan fingerprint density at radius 2 is 1.75 bits per heavy atom. The van der Waals surface area contributed by atoms with Crippen molar-refractivity contribution in [3.8, 4) is 16.9 Å². The Bertz CT molecular complexity index is 1130. The van der Waals surface area contributed by atoms with Crippen molar-refractivity contribution in [3.63, 3.8) is 0 Å². The Morgan fingerprint density at radius 3 is 2.41 bits per heavy atom. The molecule has 1 heterocycles. The van der Waals surface area contributed by atoms with Crippen LogP contribution in [0.15, 0.2) is 53.9 Å². The Balaban J connectivity index is 1.83. The van der Waals surface area contributed by atoms with E-state index in [1.54, 1.807) is 13.0 Å². The molecule has 3 aromatic rings. The summed E-state index contributed by atoms with van der Waals surface area (Å²) in [5.41, 5.74) is 5.22. The number of rotatable bonds is 8. The lowest BCUT2D eigenvalue weighted by Gasteiger charge is -2.09. The van der Waals surface area contributed by atoms with Gasteiger partial charge in [0.05, 0.1) is 13.2 Å². The molecule has 0 saturated heterocycles. The highest BCUT2D eigenvalue weighted by Crippen LogP contribution is 2.37. The van der Waals surface area contributed by atoms with Crippen molar-refractivity contribution >= 4 is 34.3 Å². The highest BCUT2D eigenvalue weighted by molar-refractivity contribution is 7.15. The summed E-state index contributed by atoms with van der Waals surface area (Å²) in [5, 5.41) is 5.18. The van der Waals surface area contributed by atoms with Crippen molar-refractivity contribution in [1.82, 2.24) is 0 Å². The van der Waals surface area contributed by atoms with E-state index >= 15 is 0 Å². The summed E-state index contributed by atoms with van der Waals surface area (Å²) < 4.78 is 10.7. The summed E-state index contributed by atoms with van der Waals surface area (Å²) in [4.78, 5) is 25.3. The molecule has 1 N–H and O–H groups in total. The molecule has 32 heavy (non-hydrogen) atoms. The summed E-state index contributed by atoms with van der Waals surface area (Å²) in [6.07, 6.45) is 3.16. The van der Waals surface area contributed by atoms with Gasteiger partial charge in [-0.1, -0.05) is 30.3 Å². The highest BCUT2D eigenvalue weighted by atomic mass is 32.1. The van der Waals surface area contributed by atoms with E-state index in [2.05, 4.69) is 5.32 Å². The smallest absolute Gasteiger partial charge is 0.341 e. The topological polar surface area (TPSA) is 64.6 Å². The molecule has 2 aromatic carbocycles. The van der Waals surface area contributed by atoms with Crippen LogP contribution in [0.25, 0.3) is 17.2 Å². The zero-order valence-electron chi connectivity index (χ0n) is 18.7. The van der Waals surface area contributed by atoms with Crippen LogP contribution in [0.2, 0.25) is 0 Å². The van der Waals surface area contributed by atoms with Gasteiger partial charge in [-0.15, -0.1) is 11.3 Å². The van der Waals surface area contributed by atoms with Crippen LogP contribution in [-0.2, 0) is 9.53 Å². The average Bonchev–Trinajstić information content (AvgIpc) is 3.19. The van der Waals surface area contributed by atoms with Crippen LogP contribution >= 0.6 is 11.3 Å². The van der Waals surface area contributed by atoms with Crippen LogP contribution in [0.5, 0.6) is 5.75 Å². The molecule has 0 atom stereocenters. The van der Waals surface area contributed by atoms with E-state index in [1.807, 2.05) is 68.6 Å². The fourth-order valence-corrected chi connectivity index (χ4v) is 4.10. The normalized spacial score (nSPS) is 10.9. The molecule has 0 spiro atoms. The Morgan fingerprint density at radius 1 is 1.00 bits per heavy atom. The first-order valence-corrected chi connectivity index (χ1v) is 11.4. The van der Waals surface area contributed by atoms with Gasteiger partial charge in [-0.2, -0.15) is 0 Å². The van der Waals surface area contributed by atoms with Gasteiger partial charge in [-0.3, -0.25) is 4.79 Å². The summed E-state index contributed by atoms with van der Waals surface area (Å²) >= 11 is 1.31. The number of anilines is 1. The maximum absolute atomic E-state index is 12.7. The van der Waals surface area contributed by atoms with E-state index in [0.717, 1.165) is 28.0 Å². The number of benzene rings is 2. The quantitative estimate of drug-likeness (QED) is 0.326. The molecular weight excluding hydrogens is 422 g/mol. The maximum Gasteiger partial charge on any atom is 0.341 e. The monoisotopic (exact) mass is 449 g/mol. The van der Waals surface area contributed by atoms with Crippen LogP contribution in [-0.4, -0.2) is 25.1 Å². The average molecular weight is 450 g/mol. The number of aryl methyl sites for hydroxylation is 2. The van der Waals surface area contributed by atoms with Crippen molar-refractivity contribution in [3.05, 3.63) is 76.2 Å². The van der Waals surface area contributed by atoms with Crippen LogP contribution in [0, 0.1) is 13.8 Å². The maximum atomic E-state index is 12.7. The molecule has 0 fully saturated rings. The number of hydrogen-bond donors (Lipinski definition) is 1. The third-order valence-corrected chi connectivity index (χ3v) is 5.84. The minimum absolute atomic E-state index is 0.256. The molecule has 0 radical (unpaired) electrons. The minimum Gasteiger partial charge on any atom is -0.494 e.